The maximum atomic E-state index is 13.8. The van der Waals surface area contributed by atoms with Crippen LogP contribution in [0, 0.1) is 0 Å². The molecule has 14 heteroatoms. The van der Waals surface area contributed by atoms with Crippen LogP contribution >= 0.6 is 11.6 Å². The van der Waals surface area contributed by atoms with E-state index >= 15 is 0 Å². The molecule has 0 radical (unpaired) electrons. The van der Waals surface area contributed by atoms with Crippen molar-refractivity contribution in [2.75, 3.05) is 18.6 Å². The van der Waals surface area contributed by atoms with Crippen LogP contribution in [0.25, 0.3) is 0 Å². The number of imide groups is 1. The topological polar surface area (TPSA) is 79.3 Å². The predicted molar refractivity (Wildman–Crippen MR) is 140 cm³/mol. The fourth-order valence-corrected chi connectivity index (χ4v) is 4.75. The van der Waals surface area contributed by atoms with Gasteiger partial charge in [-0.3, -0.25) is 4.79 Å². The Labute approximate surface area is 239 Å². The molecule has 0 N–H and O–H groups in total. The molecule has 0 saturated heterocycles. The molecule has 0 spiro atoms. The number of carbonyl (C=O) groups is 3. The molecule has 0 saturated carbocycles. The van der Waals surface area contributed by atoms with Crippen molar-refractivity contribution < 1.29 is 45.5 Å². The van der Waals surface area contributed by atoms with E-state index in [1.807, 2.05) is 0 Å². The highest BCUT2D eigenvalue weighted by Gasteiger charge is 2.46. The van der Waals surface area contributed by atoms with Gasteiger partial charge in [0.25, 0.3) is 0 Å². The van der Waals surface area contributed by atoms with Crippen molar-refractivity contribution in [3.63, 3.8) is 0 Å². The number of hydrogen-bond donors (Lipinski definition) is 0. The van der Waals surface area contributed by atoms with Crippen molar-refractivity contribution in [1.29, 1.82) is 0 Å². The van der Waals surface area contributed by atoms with E-state index in [2.05, 4.69) is 9.84 Å². The number of carbonyl (C=O) groups excluding carboxylic acids is 3. The van der Waals surface area contributed by atoms with E-state index in [-0.39, 0.29) is 23.5 Å². The molecule has 1 aliphatic heterocycles. The molecule has 42 heavy (non-hydrogen) atoms. The third kappa shape index (κ3) is 5.82. The van der Waals surface area contributed by atoms with Crippen molar-refractivity contribution in [2.45, 2.75) is 24.7 Å². The van der Waals surface area contributed by atoms with Gasteiger partial charge in [-0.2, -0.15) is 31.4 Å². The van der Waals surface area contributed by atoms with Crippen LogP contribution in [0.1, 0.15) is 29.2 Å². The molecular formula is C28H20ClF6N3O4. The zero-order valence-corrected chi connectivity index (χ0v) is 22.5. The van der Waals surface area contributed by atoms with Crippen molar-refractivity contribution in [2.24, 2.45) is 5.10 Å². The van der Waals surface area contributed by atoms with Crippen molar-refractivity contribution in [3.05, 3.63) is 100 Å². The van der Waals surface area contributed by atoms with Crippen molar-refractivity contribution in [3.8, 4) is 0 Å². The minimum Gasteiger partial charge on any atom is -0.462 e. The molecule has 220 valence electrons. The largest absolute Gasteiger partial charge is 0.462 e. The highest BCUT2D eigenvalue weighted by molar-refractivity contribution is 6.43. The second-order valence-corrected chi connectivity index (χ2v) is 9.76. The average Bonchev–Trinajstić information content (AvgIpc) is 3.30. The highest BCUT2D eigenvalue weighted by atomic mass is 35.5. The van der Waals surface area contributed by atoms with Gasteiger partial charge in [-0.1, -0.05) is 48.0 Å². The number of rotatable bonds is 3. The van der Waals surface area contributed by atoms with E-state index in [0.29, 0.717) is 22.6 Å². The van der Waals surface area contributed by atoms with Crippen molar-refractivity contribution >= 4 is 40.9 Å². The monoisotopic (exact) mass is 611 g/mol. The summed E-state index contributed by atoms with van der Waals surface area (Å²) >= 11 is 5.96. The van der Waals surface area contributed by atoms with Crippen LogP contribution in [0.15, 0.2) is 77.9 Å². The van der Waals surface area contributed by atoms with Gasteiger partial charge < -0.3 is 4.74 Å². The van der Waals surface area contributed by atoms with E-state index in [0.717, 1.165) is 42.5 Å². The molecule has 1 heterocycles. The number of alkyl halides is 6. The number of methoxy groups -OCH3 is 1. The first-order valence-corrected chi connectivity index (χ1v) is 12.4. The van der Waals surface area contributed by atoms with E-state index in [4.69, 9.17) is 11.6 Å². The molecule has 1 aliphatic rings. The lowest BCUT2D eigenvalue weighted by Gasteiger charge is -2.28. The van der Waals surface area contributed by atoms with Gasteiger partial charge in [-0.25, -0.2) is 19.5 Å². The standard InChI is InChI=1S/C28H20ClF6N3O4/c1-26(17-6-4-3-5-7-17)15-37(36-22(26)16-8-13-20(21(29)14-16)28(33,34)35)25(41)38(23(39)24(40)42-2)19-11-9-18(10-12-19)27(30,31)32/h3-14H,15H2,1-2H3. The van der Waals surface area contributed by atoms with Crippen molar-refractivity contribution in [1.82, 2.24) is 5.01 Å². The number of amides is 3. The van der Waals surface area contributed by atoms with Crippen LogP contribution in [0.3, 0.4) is 0 Å². The fourth-order valence-electron chi connectivity index (χ4n) is 4.46. The number of anilines is 1. The van der Waals surface area contributed by atoms with Gasteiger partial charge in [0.05, 0.1) is 46.6 Å². The van der Waals surface area contributed by atoms with Gasteiger partial charge in [0.1, 0.15) is 0 Å². The number of nitrogens with zero attached hydrogens (tertiary/aromatic N) is 3. The number of urea groups is 1. The Balaban J connectivity index is 1.83. The summed E-state index contributed by atoms with van der Waals surface area (Å²) in [4.78, 5) is 39.1. The lowest BCUT2D eigenvalue weighted by Crippen LogP contribution is -2.48. The number of hydrazone groups is 1. The molecule has 1 unspecified atom stereocenters. The smallest absolute Gasteiger partial charge is 0.417 e. The molecule has 4 rings (SSSR count). The average molecular weight is 612 g/mol. The normalized spacial score (nSPS) is 17.1. The lowest BCUT2D eigenvalue weighted by molar-refractivity contribution is -0.151. The minimum absolute atomic E-state index is 0.107. The Hall–Kier alpha value is -4.39. The summed E-state index contributed by atoms with van der Waals surface area (Å²) in [7, 11) is 0.878. The predicted octanol–water partition coefficient (Wildman–Crippen LogP) is 6.68. The maximum absolute atomic E-state index is 13.8. The third-order valence-electron chi connectivity index (χ3n) is 6.60. The summed E-state index contributed by atoms with van der Waals surface area (Å²) in [5.41, 5.74) is -2.87. The molecule has 3 aromatic rings. The Morgan fingerprint density at radius 1 is 0.929 bits per heavy atom. The summed E-state index contributed by atoms with van der Waals surface area (Å²) in [6, 6.07) is 13.1. The fraction of sp³-hybridized carbons (Fsp3) is 0.214. The van der Waals surface area contributed by atoms with Crippen LogP contribution in [0.2, 0.25) is 5.02 Å². The zero-order valence-electron chi connectivity index (χ0n) is 21.8. The van der Waals surface area contributed by atoms with Gasteiger partial charge >= 0.3 is 30.3 Å². The van der Waals surface area contributed by atoms with E-state index in [9.17, 15) is 40.7 Å². The van der Waals surface area contributed by atoms with E-state index < -0.39 is 51.8 Å². The zero-order chi connectivity index (χ0) is 31.0. The summed E-state index contributed by atoms with van der Waals surface area (Å²) in [5, 5.41) is 4.51. The van der Waals surface area contributed by atoms with Crippen LogP contribution in [-0.4, -0.2) is 42.3 Å². The number of halogens is 7. The van der Waals surface area contributed by atoms with Gasteiger partial charge in [-0.05, 0) is 48.9 Å². The highest BCUT2D eigenvalue weighted by Crippen LogP contribution is 2.40. The molecule has 0 bridgehead atoms. The maximum Gasteiger partial charge on any atom is 0.417 e. The van der Waals surface area contributed by atoms with Crippen LogP contribution in [-0.2, 0) is 32.1 Å². The molecule has 1 atom stereocenters. The second-order valence-electron chi connectivity index (χ2n) is 9.36. The Morgan fingerprint density at radius 2 is 1.55 bits per heavy atom. The van der Waals surface area contributed by atoms with Gasteiger partial charge in [0, 0.05) is 5.56 Å². The van der Waals surface area contributed by atoms with Crippen LogP contribution in [0.5, 0.6) is 0 Å². The molecular weight excluding hydrogens is 592 g/mol. The number of ether oxygens (including phenoxy) is 1. The Kier molecular flexibility index (Phi) is 8.09. The van der Waals surface area contributed by atoms with E-state index in [1.165, 1.54) is 0 Å². The first-order chi connectivity index (χ1) is 19.6. The Morgan fingerprint density at radius 3 is 2.07 bits per heavy atom. The number of esters is 1. The van der Waals surface area contributed by atoms with Gasteiger partial charge in [-0.15, -0.1) is 0 Å². The van der Waals surface area contributed by atoms with E-state index in [1.54, 1.807) is 37.3 Å². The molecule has 3 aromatic carbocycles. The van der Waals surface area contributed by atoms with Gasteiger partial charge in [0.15, 0.2) is 0 Å². The Bertz CT molecular complexity index is 1560. The quantitative estimate of drug-likeness (QED) is 0.188. The van der Waals surface area contributed by atoms with Crippen LogP contribution in [0.4, 0.5) is 36.8 Å². The summed E-state index contributed by atoms with van der Waals surface area (Å²) in [6.07, 6.45) is -9.44. The summed E-state index contributed by atoms with van der Waals surface area (Å²) in [5.74, 6) is -2.99. The summed E-state index contributed by atoms with van der Waals surface area (Å²) < 4.78 is 83.8. The molecule has 0 aromatic heterocycles. The lowest BCUT2D eigenvalue weighted by atomic mass is 9.76. The SMILES string of the molecule is COC(=O)C(=O)N(C(=O)N1CC(C)(c2ccccc2)C(c2ccc(C(F)(F)F)c(Cl)c2)=N1)c1ccc(C(F)(F)F)cc1. The first-order valence-electron chi connectivity index (χ1n) is 12.0. The van der Waals surface area contributed by atoms with Gasteiger partial charge in [0.2, 0.25) is 0 Å². The summed E-state index contributed by atoms with van der Waals surface area (Å²) in [6.45, 7) is 1.39. The molecule has 7 nitrogen and oxygen atoms in total. The minimum atomic E-state index is -4.73. The molecule has 0 aliphatic carbocycles. The number of benzene rings is 3. The number of hydrogen-bond acceptors (Lipinski definition) is 5. The molecule has 3 amide bonds. The third-order valence-corrected chi connectivity index (χ3v) is 6.91. The van der Waals surface area contributed by atoms with Crippen LogP contribution < -0.4 is 4.90 Å². The first kappa shape index (κ1) is 30.6. The molecule has 0 fully saturated rings. The second kappa shape index (κ2) is 11.1.